The van der Waals surface area contributed by atoms with E-state index in [1.54, 1.807) is 0 Å². The van der Waals surface area contributed by atoms with Crippen LogP contribution in [0, 0.1) is 16.7 Å². The second-order valence-electron chi connectivity index (χ2n) is 8.17. The maximum Gasteiger partial charge on any atom is 0.230 e. The van der Waals surface area contributed by atoms with Gasteiger partial charge >= 0.3 is 0 Å². The van der Waals surface area contributed by atoms with Crippen LogP contribution in [0.25, 0.3) is 11.4 Å². The predicted octanol–water partition coefficient (Wildman–Crippen LogP) is 5.03. The van der Waals surface area contributed by atoms with E-state index in [0.717, 1.165) is 50.4 Å². The maximum absolute atomic E-state index is 8.93. The van der Waals surface area contributed by atoms with Crippen molar-refractivity contribution in [3.63, 3.8) is 0 Å². The van der Waals surface area contributed by atoms with Crippen molar-refractivity contribution < 1.29 is 4.52 Å². The summed E-state index contributed by atoms with van der Waals surface area (Å²) in [5, 5.41) is 13.8. The van der Waals surface area contributed by atoms with Crippen LogP contribution in [0.15, 0.2) is 53.1 Å². The molecule has 0 unspecified atom stereocenters. The first-order valence-corrected chi connectivity index (χ1v) is 10.3. The van der Waals surface area contributed by atoms with E-state index in [9.17, 15) is 0 Å². The van der Waals surface area contributed by atoms with Gasteiger partial charge in [-0.3, -0.25) is 4.90 Å². The van der Waals surface area contributed by atoms with E-state index >= 15 is 0 Å². The highest BCUT2D eigenvalue weighted by Crippen LogP contribution is 2.64. The molecular weight excluding hydrogens is 384 g/mol. The van der Waals surface area contributed by atoms with Gasteiger partial charge in [0.2, 0.25) is 11.7 Å². The molecule has 0 bridgehead atoms. The molecule has 5 nitrogen and oxygen atoms in total. The first kappa shape index (κ1) is 18.4. The van der Waals surface area contributed by atoms with Crippen molar-refractivity contribution in [2.75, 3.05) is 13.1 Å². The van der Waals surface area contributed by atoms with Gasteiger partial charge in [0.05, 0.1) is 11.6 Å². The molecule has 29 heavy (non-hydrogen) atoms. The number of nitrogens with zero attached hydrogens (tertiary/aromatic N) is 4. The van der Waals surface area contributed by atoms with E-state index < -0.39 is 0 Å². The third-order valence-electron chi connectivity index (χ3n) is 6.35. The molecule has 1 saturated carbocycles. The second-order valence-corrected chi connectivity index (χ2v) is 8.61. The Balaban J connectivity index is 1.20. The standard InChI is InChI=1S/C23H21ClN4O/c24-19-3-1-2-18(12-19)21-26-22(29-27-21)20-13-23(20)8-10-28(11-9-23)15-17-6-4-16(14-25)5-7-17/h1-7,12,20H,8-11,13,15H2/t20-/m1/s1. The molecule has 1 atom stereocenters. The number of hydrogen-bond donors (Lipinski definition) is 0. The van der Waals surface area contributed by atoms with Crippen LogP contribution in [0.3, 0.4) is 0 Å². The minimum atomic E-state index is 0.319. The quantitative estimate of drug-likeness (QED) is 0.610. The van der Waals surface area contributed by atoms with Gasteiger partial charge in [-0.05, 0) is 67.6 Å². The van der Waals surface area contributed by atoms with Crippen molar-refractivity contribution in [1.82, 2.24) is 15.0 Å². The van der Waals surface area contributed by atoms with Crippen molar-refractivity contribution in [3.05, 3.63) is 70.6 Å². The third-order valence-corrected chi connectivity index (χ3v) is 6.59. The fraction of sp³-hybridized carbons (Fsp3) is 0.348. The number of halogens is 1. The van der Waals surface area contributed by atoms with Crippen LogP contribution < -0.4 is 0 Å². The number of aromatic nitrogens is 2. The zero-order valence-electron chi connectivity index (χ0n) is 16.0. The number of hydrogen-bond acceptors (Lipinski definition) is 5. The maximum atomic E-state index is 8.93. The average molecular weight is 405 g/mol. The summed E-state index contributed by atoms with van der Waals surface area (Å²) in [4.78, 5) is 7.15. The van der Waals surface area contributed by atoms with Crippen molar-refractivity contribution >= 4 is 11.6 Å². The fourth-order valence-corrected chi connectivity index (χ4v) is 4.66. The van der Waals surface area contributed by atoms with Gasteiger partial charge < -0.3 is 4.52 Å². The third kappa shape index (κ3) is 3.66. The Kier molecular flexibility index (Phi) is 4.61. The molecule has 0 radical (unpaired) electrons. The lowest BCUT2D eigenvalue weighted by atomic mass is 9.90. The highest BCUT2D eigenvalue weighted by Gasteiger charge is 2.58. The van der Waals surface area contributed by atoms with Crippen molar-refractivity contribution in [1.29, 1.82) is 5.26 Å². The van der Waals surface area contributed by atoms with Crippen LogP contribution in [0.4, 0.5) is 0 Å². The van der Waals surface area contributed by atoms with Crippen LogP contribution in [-0.4, -0.2) is 28.1 Å². The minimum Gasteiger partial charge on any atom is -0.339 e. The van der Waals surface area contributed by atoms with Gasteiger partial charge in [0.1, 0.15) is 0 Å². The van der Waals surface area contributed by atoms with Gasteiger partial charge in [-0.2, -0.15) is 10.2 Å². The molecule has 3 aromatic rings. The summed E-state index contributed by atoms with van der Waals surface area (Å²) in [5.74, 6) is 1.75. The topological polar surface area (TPSA) is 66.0 Å². The largest absolute Gasteiger partial charge is 0.339 e. The highest BCUT2D eigenvalue weighted by molar-refractivity contribution is 6.30. The molecule has 1 aromatic heterocycles. The number of benzene rings is 2. The van der Waals surface area contributed by atoms with Gasteiger partial charge in [0.15, 0.2) is 0 Å². The average Bonchev–Trinajstić information content (AvgIpc) is 3.21. The first-order valence-electron chi connectivity index (χ1n) is 9.96. The first-order chi connectivity index (χ1) is 14.1. The van der Waals surface area contributed by atoms with Crippen molar-refractivity contribution in [2.45, 2.75) is 31.7 Å². The fourth-order valence-electron chi connectivity index (χ4n) is 4.47. The molecule has 2 fully saturated rings. The molecule has 1 aliphatic heterocycles. The van der Waals surface area contributed by atoms with E-state index in [1.807, 2.05) is 36.4 Å². The van der Waals surface area contributed by atoms with Crippen LogP contribution in [0.2, 0.25) is 5.02 Å². The molecule has 5 rings (SSSR count). The van der Waals surface area contributed by atoms with E-state index in [4.69, 9.17) is 21.4 Å². The Labute approximate surface area is 174 Å². The van der Waals surface area contributed by atoms with E-state index in [1.165, 1.54) is 5.56 Å². The van der Waals surface area contributed by atoms with E-state index in [2.05, 4.69) is 33.2 Å². The van der Waals surface area contributed by atoms with Gasteiger partial charge in [-0.15, -0.1) is 0 Å². The van der Waals surface area contributed by atoms with Gasteiger partial charge in [0, 0.05) is 23.0 Å². The van der Waals surface area contributed by atoms with Gasteiger partial charge in [-0.1, -0.05) is 41.0 Å². The molecule has 1 spiro atoms. The molecule has 2 heterocycles. The summed E-state index contributed by atoms with van der Waals surface area (Å²) in [7, 11) is 0. The molecule has 1 saturated heterocycles. The van der Waals surface area contributed by atoms with Crippen molar-refractivity contribution in [3.8, 4) is 17.5 Å². The number of likely N-dealkylation sites (tertiary alicyclic amines) is 1. The van der Waals surface area contributed by atoms with Crippen LogP contribution in [0.1, 0.15) is 42.2 Å². The Morgan fingerprint density at radius 2 is 1.97 bits per heavy atom. The molecule has 1 aliphatic carbocycles. The predicted molar refractivity (Wildman–Crippen MR) is 110 cm³/mol. The van der Waals surface area contributed by atoms with Crippen LogP contribution in [0.5, 0.6) is 0 Å². The summed E-state index contributed by atoms with van der Waals surface area (Å²) < 4.78 is 5.61. The SMILES string of the molecule is N#Cc1ccc(CN2CCC3(CC2)C[C@@H]3c2nc(-c3cccc(Cl)c3)no2)cc1. The van der Waals surface area contributed by atoms with Gasteiger partial charge in [0.25, 0.3) is 0 Å². The summed E-state index contributed by atoms with van der Waals surface area (Å²) in [6, 6.07) is 17.6. The molecule has 2 aromatic carbocycles. The van der Waals surface area contributed by atoms with E-state index in [-0.39, 0.29) is 0 Å². The Morgan fingerprint density at radius 1 is 1.17 bits per heavy atom. The summed E-state index contributed by atoms with van der Waals surface area (Å²) in [6.07, 6.45) is 3.44. The highest BCUT2D eigenvalue weighted by atomic mass is 35.5. The molecule has 146 valence electrons. The Morgan fingerprint density at radius 3 is 2.69 bits per heavy atom. The molecule has 0 amide bonds. The van der Waals surface area contributed by atoms with Crippen LogP contribution in [-0.2, 0) is 6.54 Å². The summed E-state index contributed by atoms with van der Waals surface area (Å²) in [6.45, 7) is 3.09. The van der Waals surface area contributed by atoms with Gasteiger partial charge in [-0.25, -0.2) is 0 Å². The normalized spacial score (nSPS) is 20.5. The zero-order chi connectivity index (χ0) is 19.8. The number of piperidine rings is 1. The van der Waals surface area contributed by atoms with Crippen molar-refractivity contribution in [2.24, 2.45) is 5.41 Å². The Bertz CT molecular complexity index is 1060. The lowest BCUT2D eigenvalue weighted by Crippen LogP contribution is -2.34. The number of rotatable bonds is 4. The van der Waals surface area contributed by atoms with E-state index in [0.29, 0.717) is 27.7 Å². The van der Waals surface area contributed by atoms with Crippen LogP contribution >= 0.6 is 11.6 Å². The molecule has 0 N–H and O–H groups in total. The number of nitriles is 1. The molecule has 6 heteroatoms. The molecular formula is C23H21ClN4O. The monoisotopic (exact) mass is 404 g/mol. The summed E-state index contributed by atoms with van der Waals surface area (Å²) in [5.41, 5.74) is 3.18. The molecule has 2 aliphatic rings. The lowest BCUT2D eigenvalue weighted by Gasteiger charge is -2.32. The zero-order valence-corrected chi connectivity index (χ0v) is 16.8. The minimum absolute atomic E-state index is 0.319. The lowest BCUT2D eigenvalue weighted by molar-refractivity contribution is 0.159. The smallest absolute Gasteiger partial charge is 0.230 e. The summed E-state index contributed by atoms with van der Waals surface area (Å²) >= 11 is 6.07. The second kappa shape index (κ2) is 7.29. The Hall–Kier alpha value is -2.68.